The molecule has 96 valence electrons. The van der Waals surface area contributed by atoms with Crippen LogP contribution in [0.3, 0.4) is 0 Å². The average Bonchev–Trinajstić information content (AvgIpc) is 2.39. The van der Waals surface area contributed by atoms with Gasteiger partial charge in [0.1, 0.15) is 11.7 Å². The molecule has 0 aromatic carbocycles. The quantitative estimate of drug-likeness (QED) is 0.788. The van der Waals surface area contributed by atoms with Crippen LogP contribution >= 0.6 is 15.9 Å². The summed E-state index contributed by atoms with van der Waals surface area (Å²) in [7, 11) is 0. The lowest BCUT2D eigenvalue weighted by atomic mass is 10.1. The van der Waals surface area contributed by atoms with Crippen molar-refractivity contribution >= 4 is 27.7 Å². The smallest absolute Gasteiger partial charge is 0.273 e. The Kier molecular flexibility index (Phi) is 3.93. The van der Waals surface area contributed by atoms with Crippen LogP contribution in [0.25, 0.3) is 0 Å². The molecule has 1 saturated heterocycles. The molecular formula is C11H13BrN4O2. The number of piperazine rings is 1. The standard InChI is InChI=1S/C11H13BrN4O2/c12-7-1-2-8(15-5-7)11(18)16-4-3-14-6-9(16)10(13)17/h1-2,5,9,14H,3-4,6H2,(H2,13,17). The van der Waals surface area contributed by atoms with Crippen LogP contribution < -0.4 is 11.1 Å². The van der Waals surface area contributed by atoms with Crippen LogP contribution in [0.2, 0.25) is 0 Å². The number of pyridine rings is 1. The third-order valence-electron chi connectivity index (χ3n) is 2.78. The van der Waals surface area contributed by atoms with Crippen molar-refractivity contribution in [3.8, 4) is 0 Å². The molecule has 7 heteroatoms. The van der Waals surface area contributed by atoms with Gasteiger partial charge in [-0.25, -0.2) is 4.98 Å². The van der Waals surface area contributed by atoms with E-state index >= 15 is 0 Å². The highest BCUT2D eigenvalue weighted by atomic mass is 79.9. The normalized spacial score (nSPS) is 19.6. The summed E-state index contributed by atoms with van der Waals surface area (Å²) in [6.07, 6.45) is 1.55. The van der Waals surface area contributed by atoms with E-state index in [9.17, 15) is 9.59 Å². The van der Waals surface area contributed by atoms with Crippen molar-refractivity contribution in [2.75, 3.05) is 19.6 Å². The topological polar surface area (TPSA) is 88.3 Å². The maximum Gasteiger partial charge on any atom is 0.273 e. The number of hydrogen-bond donors (Lipinski definition) is 2. The van der Waals surface area contributed by atoms with Gasteiger partial charge in [-0.1, -0.05) is 0 Å². The largest absolute Gasteiger partial charge is 0.368 e. The van der Waals surface area contributed by atoms with E-state index in [-0.39, 0.29) is 5.91 Å². The Hall–Kier alpha value is -1.47. The number of nitrogens with one attached hydrogen (secondary N) is 1. The van der Waals surface area contributed by atoms with Gasteiger partial charge in [-0.15, -0.1) is 0 Å². The lowest BCUT2D eigenvalue weighted by molar-refractivity contribution is -0.122. The maximum absolute atomic E-state index is 12.2. The molecule has 2 amide bonds. The van der Waals surface area contributed by atoms with Crippen molar-refractivity contribution in [2.24, 2.45) is 5.73 Å². The van der Waals surface area contributed by atoms with Gasteiger partial charge in [0.2, 0.25) is 5.91 Å². The van der Waals surface area contributed by atoms with Crippen molar-refractivity contribution in [1.82, 2.24) is 15.2 Å². The molecule has 18 heavy (non-hydrogen) atoms. The molecule has 0 radical (unpaired) electrons. The Bertz CT molecular complexity index is 463. The zero-order valence-corrected chi connectivity index (χ0v) is 11.2. The molecule has 3 N–H and O–H groups in total. The fourth-order valence-electron chi connectivity index (χ4n) is 1.85. The number of primary amides is 1. The van der Waals surface area contributed by atoms with Gasteiger partial charge in [0.25, 0.3) is 5.91 Å². The van der Waals surface area contributed by atoms with E-state index in [0.29, 0.717) is 25.3 Å². The van der Waals surface area contributed by atoms with Crippen LogP contribution in [-0.2, 0) is 4.79 Å². The van der Waals surface area contributed by atoms with Gasteiger partial charge < -0.3 is 16.0 Å². The Labute approximate surface area is 113 Å². The van der Waals surface area contributed by atoms with Crippen molar-refractivity contribution in [3.63, 3.8) is 0 Å². The molecule has 1 aliphatic rings. The molecule has 0 bridgehead atoms. The minimum atomic E-state index is -0.614. The number of carbonyl (C=O) groups is 2. The monoisotopic (exact) mass is 312 g/mol. The predicted molar refractivity (Wildman–Crippen MR) is 68.8 cm³/mol. The van der Waals surface area contributed by atoms with E-state index in [4.69, 9.17) is 5.73 Å². The third-order valence-corrected chi connectivity index (χ3v) is 3.25. The molecule has 1 unspecified atom stereocenters. The second-order valence-electron chi connectivity index (χ2n) is 3.98. The molecule has 0 aliphatic carbocycles. The Morgan fingerprint density at radius 1 is 1.50 bits per heavy atom. The summed E-state index contributed by atoms with van der Waals surface area (Å²) in [6.45, 7) is 1.48. The first-order valence-electron chi connectivity index (χ1n) is 5.52. The number of halogens is 1. The molecule has 0 saturated carbocycles. The van der Waals surface area contributed by atoms with Crippen LogP contribution in [-0.4, -0.2) is 47.4 Å². The fraction of sp³-hybridized carbons (Fsp3) is 0.364. The fourth-order valence-corrected chi connectivity index (χ4v) is 2.09. The SMILES string of the molecule is NC(=O)C1CNCCN1C(=O)c1ccc(Br)cn1. The Morgan fingerprint density at radius 2 is 2.28 bits per heavy atom. The molecule has 1 fully saturated rings. The van der Waals surface area contributed by atoms with Gasteiger partial charge in [0, 0.05) is 30.3 Å². The Balaban J connectivity index is 2.20. The van der Waals surface area contributed by atoms with E-state index in [1.807, 2.05) is 0 Å². The van der Waals surface area contributed by atoms with E-state index in [1.54, 1.807) is 18.3 Å². The number of aromatic nitrogens is 1. The summed E-state index contributed by atoms with van der Waals surface area (Å²) in [5, 5.41) is 3.04. The number of amides is 2. The first-order valence-corrected chi connectivity index (χ1v) is 6.31. The number of hydrogen-bond acceptors (Lipinski definition) is 4. The zero-order chi connectivity index (χ0) is 13.1. The van der Waals surface area contributed by atoms with E-state index < -0.39 is 11.9 Å². The van der Waals surface area contributed by atoms with Crippen LogP contribution in [0.4, 0.5) is 0 Å². The molecule has 2 heterocycles. The second-order valence-corrected chi connectivity index (χ2v) is 4.90. The molecule has 1 aromatic heterocycles. The van der Waals surface area contributed by atoms with Gasteiger partial charge >= 0.3 is 0 Å². The number of nitrogens with two attached hydrogens (primary N) is 1. The molecule has 1 atom stereocenters. The van der Waals surface area contributed by atoms with Crippen LogP contribution in [0.5, 0.6) is 0 Å². The van der Waals surface area contributed by atoms with Gasteiger partial charge in [0.15, 0.2) is 0 Å². The van der Waals surface area contributed by atoms with Gasteiger partial charge in [-0.05, 0) is 28.1 Å². The number of rotatable bonds is 2. The summed E-state index contributed by atoms with van der Waals surface area (Å²) in [4.78, 5) is 29.1. The molecule has 6 nitrogen and oxygen atoms in total. The number of nitrogens with zero attached hydrogens (tertiary/aromatic N) is 2. The third kappa shape index (κ3) is 2.68. The summed E-state index contributed by atoms with van der Waals surface area (Å²) in [5.41, 5.74) is 5.61. The minimum Gasteiger partial charge on any atom is -0.368 e. The summed E-state index contributed by atoms with van der Waals surface area (Å²) in [5.74, 6) is -0.777. The predicted octanol–water partition coefficient (Wildman–Crippen LogP) is -0.257. The van der Waals surface area contributed by atoms with Crippen molar-refractivity contribution in [1.29, 1.82) is 0 Å². The summed E-state index contributed by atoms with van der Waals surface area (Å²) in [6, 6.07) is 2.74. The highest BCUT2D eigenvalue weighted by Crippen LogP contribution is 2.12. The Morgan fingerprint density at radius 3 is 2.89 bits per heavy atom. The lowest BCUT2D eigenvalue weighted by Crippen LogP contribution is -2.58. The zero-order valence-electron chi connectivity index (χ0n) is 9.60. The second kappa shape index (κ2) is 5.45. The molecule has 0 spiro atoms. The van der Waals surface area contributed by atoms with Crippen molar-refractivity contribution in [3.05, 3.63) is 28.5 Å². The first kappa shape index (κ1) is 13.0. The lowest BCUT2D eigenvalue weighted by Gasteiger charge is -2.33. The number of carbonyl (C=O) groups excluding carboxylic acids is 2. The van der Waals surface area contributed by atoms with Crippen LogP contribution in [0, 0.1) is 0 Å². The highest BCUT2D eigenvalue weighted by Gasteiger charge is 2.31. The minimum absolute atomic E-state index is 0.271. The molecule has 1 aliphatic heterocycles. The van der Waals surface area contributed by atoms with E-state index in [1.165, 1.54) is 4.90 Å². The van der Waals surface area contributed by atoms with Gasteiger partial charge in [0.05, 0.1) is 0 Å². The molecule has 2 rings (SSSR count). The van der Waals surface area contributed by atoms with Crippen LogP contribution in [0.1, 0.15) is 10.5 Å². The highest BCUT2D eigenvalue weighted by molar-refractivity contribution is 9.10. The van der Waals surface area contributed by atoms with Gasteiger partial charge in [-0.3, -0.25) is 9.59 Å². The van der Waals surface area contributed by atoms with E-state index in [2.05, 4.69) is 26.2 Å². The average molecular weight is 313 g/mol. The van der Waals surface area contributed by atoms with Crippen LogP contribution in [0.15, 0.2) is 22.8 Å². The van der Waals surface area contributed by atoms with Gasteiger partial charge in [-0.2, -0.15) is 0 Å². The molecule has 1 aromatic rings. The first-order chi connectivity index (χ1) is 8.59. The van der Waals surface area contributed by atoms with Crippen molar-refractivity contribution in [2.45, 2.75) is 6.04 Å². The summed E-state index contributed by atoms with van der Waals surface area (Å²) >= 11 is 3.25. The van der Waals surface area contributed by atoms with Crippen molar-refractivity contribution < 1.29 is 9.59 Å². The maximum atomic E-state index is 12.2. The summed E-state index contributed by atoms with van der Waals surface area (Å²) < 4.78 is 0.797. The molecular weight excluding hydrogens is 300 g/mol. The van der Waals surface area contributed by atoms with E-state index in [0.717, 1.165) is 4.47 Å².